The first kappa shape index (κ1) is 36.3. The summed E-state index contributed by atoms with van der Waals surface area (Å²) in [5.41, 5.74) is -1.32. The number of hydrogen-bond donors (Lipinski definition) is 2. The van der Waals surface area contributed by atoms with Crippen molar-refractivity contribution in [2.75, 3.05) is 19.7 Å². The lowest BCUT2D eigenvalue weighted by molar-refractivity contribution is -0.160. The second kappa shape index (κ2) is 14.3. The zero-order chi connectivity index (χ0) is 34.7. The lowest BCUT2D eigenvalue weighted by atomic mass is 9.70. The van der Waals surface area contributed by atoms with Crippen molar-refractivity contribution in [3.8, 4) is 0 Å². The number of carbonyl (C=O) groups excluding carboxylic acids is 4. The minimum atomic E-state index is -1.27. The van der Waals surface area contributed by atoms with E-state index in [4.69, 9.17) is 9.47 Å². The van der Waals surface area contributed by atoms with Crippen LogP contribution in [0.1, 0.15) is 85.3 Å². The van der Waals surface area contributed by atoms with Gasteiger partial charge in [-0.15, -0.1) is 13.2 Å². The molecule has 0 unspecified atom stereocenters. The molecule has 3 saturated heterocycles. The lowest BCUT2D eigenvalue weighted by Gasteiger charge is -2.46. The molecule has 3 aliphatic rings. The minimum absolute atomic E-state index is 0.105. The Morgan fingerprint density at radius 1 is 1.17 bits per heavy atom. The van der Waals surface area contributed by atoms with Crippen molar-refractivity contribution in [1.82, 2.24) is 15.1 Å². The second-order valence-corrected chi connectivity index (χ2v) is 15.1. The van der Waals surface area contributed by atoms with E-state index in [-0.39, 0.29) is 36.7 Å². The van der Waals surface area contributed by atoms with Crippen molar-refractivity contribution >= 4 is 23.7 Å². The van der Waals surface area contributed by atoms with Gasteiger partial charge in [-0.05, 0) is 57.4 Å². The summed E-state index contributed by atoms with van der Waals surface area (Å²) < 4.78 is 12.5. The summed E-state index contributed by atoms with van der Waals surface area (Å²) in [6.45, 7) is 19.6. The highest BCUT2D eigenvalue weighted by molar-refractivity contribution is 5.98. The molecule has 7 atom stereocenters. The highest BCUT2D eigenvalue weighted by Gasteiger charge is 2.76. The van der Waals surface area contributed by atoms with Crippen LogP contribution in [0.2, 0.25) is 0 Å². The highest BCUT2D eigenvalue weighted by atomic mass is 16.6. The van der Waals surface area contributed by atoms with Crippen molar-refractivity contribution in [2.24, 2.45) is 17.3 Å². The monoisotopic (exact) mass is 651 g/mol. The molecule has 2 bridgehead atoms. The number of fused-ring (bicyclic) bond motifs is 1. The Bertz CT molecular complexity index is 1340. The molecule has 0 radical (unpaired) electrons. The van der Waals surface area contributed by atoms with Crippen molar-refractivity contribution in [1.29, 1.82) is 0 Å². The molecule has 0 aromatic heterocycles. The fourth-order valence-electron chi connectivity index (χ4n) is 8.21. The number of hydrogen-bond acceptors (Lipinski definition) is 7. The average molecular weight is 652 g/mol. The molecular formula is C37H53N3O7. The molecule has 3 amide bonds. The molecule has 10 nitrogen and oxygen atoms in total. The number of ether oxygens (including phenoxy) is 2. The van der Waals surface area contributed by atoms with Gasteiger partial charge in [0.15, 0.2) is 0 Å². The zero-order valence-corrected chi connectivity index (χ0v) is 28.9. The predicted molar refractivity (Wildman–Crippen MR) is 179 cm³/mol. The number of esters is 1. The van der Waals surface area contributed by atoms with Crippen molar-refractivity contribution in [3.63, 3.8) is 0 Å². The third kappa shape index (κ3) is 7.33. The molecule has 1 aromatic carbocycles. The molecule has 47 heavy (non-hydrogen) atoms. The van der Waals surface area contributed by atoms with E-state index in [9.17, 15) is 19.5 Å². The number of carbonyl (C=O) groups is 4. The van der Waals surface area contributed by atoms with Crippen LogP contribution in [-0.2, 0) is 28.7 Å². The Balaban J connectivity index is 1.72. The van der Waals surface area contributed by atoms with Gasteiger partial charge in [-0.1, -0.05) is 63.3 Å². The Hall–Kier alpha value is -3.50. The van der Waals surface area contributed by atoms with Crippen LogP contribution in [0.3, 0.4) is 0 Å². The van der Waals surface area contributed by atoms with Crippen molar-refractivity contribution in [3.05, 3.63) is 61.2 Å². The van der Waals surface area contributed by atoms with Gasteiger partial charge < -0.3 is 29.7 Å². The summed E-state index contributed by atoms with van der Waals surface area (Å²) in [5.74, 6) is -3.37. The first-order valence-corrected chi connectivity index (χ1v) is 16.8. The largest absolute Gasteiger partial charge is 0.460 e. The molecule has 0 saturated carbocycles. The van der Waals surface area contributed by atoms with E-state index < -0.39 is 65.8 Å². The number of benzene rings is 1. The van der Waals surface area contributed by atoms with E-state index in [0.29, 0.717) is 31.2 Å². The Labute approximate surface area is 279 Å². The number of amides is 3. The average Bonchev–Trinajstić information content (AvgIpc) is 3.65. The number of allylic oxidation sites excluding steroid dienone is 1. The molecule has 4 rings (SSSR count). The van der Waals surface area contributed by atoms with Gasteiger partial charge in [0.05, 0.1) is 37.1 Å². The van der Waals surface area contributed by atoms with E-state index in [1.165, 1.54) is 4.90 Å². The fourth-order valence-corrected chi connectivity index (χ4v) is 8.21. The van der Waals surface area contributed by atoms with Gasteiger partial charge in [0.25, 0.3) is 0 Å². The van der Waals surface area contributed by atoms with Crippen molar-refractivity contribution in [2.45, 2.75) is 109 Å². The summed E-state index contributed by atoms with van der Waals surface area (Å²) in [4.78, 5) is 58.9. The van der Waals surface area contributed by atoms with Crippen LogP contribution in [-0.4, -0.2) is 87.7 Å². The number of rotatable bonds is 15. The van der Waals surface area contributed by atoms with Crippen LogP contribution in [0.15, 0.2) is 55.6 Å². The van der Waals surface area contributed by atoms with Crippen LogP contribution in [0.4, 0.5) is 0 Å². The standard InChI is InChI=1S/C37H53N3O7/c1-9-11-17-28(42)38-21-24(3)46-34(45)29-27-18-19-37(47-27)30(29)32(43)40(26(22-41)25-15-13-12-14-16-25)31(37)33(44)39(20-10-2)36(7,8)23-35(4,5)6/h9-10,12-16,24,26-27,29-31,41H,1-2,11,17-23H2,3-8H3,(H,38,42)/t24-,26+,27+,29-,30-,31+,37-/m0/s1. The molecule has 258 valence electrons. The summed E-state index contributed by atoms with van der Waals surface area (Å²) in [6, 6.07) is 7.22. The van der Waals surface area contributed by atoms with Gasteiger partial charge >= 0.3 is 5.97 Å². The second-order valence-electron chi connectivity index (χ2n) is 15.1. The third-order valence-electron chi connectivity index (χ3n) is 9.69. The van der Waals surface area contributed by atoms with E-state index in [1.807, 2.05) is 44.2 Å². The first-order valence-electron chi connectivity index (χ1n) is 16.8. The van der Waals surface area contributed by atoms with Crippen LogP contribution < -0.4 is 5.32 Å². The number of likely N-dealkylation sites (tertiary alicyclic amines) is 1. The zero-order valence-electron chi connectivity index (χ0n) is 28.9. The van der Waals surface area contributed by atoms with Gasteiger partial charge in [-0.25, -0.2) is 0 Å². The van der Waals surface area contributed by atoms with E-state index in [0.717, 1.165) is 0 Å². The predicted octanol–water partition coefficient (Wildman–Crippen LogP) is 4.34. The van der Waals surface area contributed by atoms with E-state index >= 15 is 4.79 Å². The maximum Gasteiger partial charge on any atom is 0.312 e. The van der Waals surface area contributed by atoms with E-state index in [1.54, 1.807) is 24.0 Å². The maximum absolute atomic E-state index is 15.0. The maximum atomic E-state index is 15.0. The van der Waals surface area contributed by atoms with Gasteiger partial charge in [-0.3, -0.25) is 19.2 Å². The van der Waals surface area contributed by atoms with Gasteiger partial charge in [-0.2, -0.15) is 0 Å². The van der Waals surface area contributed by atoms with Gasteiger partial charge in [0.2, 0.25) is 17.7 Å². The quantitative estimate of drug-likeness (QED) is 0.214. The smallest absolute Gasteiger partial charge is 0.312 e. The Kier molecular flexibility index (Phi) is 11.1. The summed E-state index contributed by atoms with van der Waals surface area (Å²) in [6.07, 6.45) is 4.51. The molecule has 1 aromatic rings. The fraction of sp³-hybridized carbons (Fsp3) is 0.622. The van der Waals surface area contributed by atoms with Crippen LogP contribution in [0, 0.1) is 17.3 Å². The summed E-state index contributed by atoms with van der Waals surface area (Å²) >= 11 is 0. The minimum Gasteiger partial charge on any atom is -0.460 e. The summed E-state index contributed by atoms with van der Waals surface area (Å²) in [5, 5.41) is 13.6. The highest BCUT2D eigenvalue weighted by Crippen LogP contribution is 2.60. The summed E-state index contributed by atoms with van der Waals surface area (Å²) in [7, 11) is 0. The van der Waals surface area contributed by atoms with Gasteiger partial charge in [0, 0.05) is 18.5 Å². The lowest BCUT2D eigenvalue weighted by Crippen LogP contribution is -2.61. The van der Waals surface area contributed by atoms with Gasteiger partial charge in [0.1, 0.15) is 17.7 Å². The first-order chi connectivity index (χ1) is 22.1. The number of nitrogens with zero attached hydrogens (tertiary/aromatic N) is 2. The van der Waals surface area contributed by atoms with Crippen LogP contribution in [0.5, 0.6) is 0 Å². The van der Waals surface area contributed by atoms with Crippen molar-refractivity contribution < 1.29 is 33.8 Å². The topological polar surface area (TPSA) is 125 Å². The van der Waals surface area contributed by atoms with E-state index in [2.05, 4.69) is 39.2 Å². The number of aliphatic hydroxyl groups is 1. The molecule has 10 heteroatoms. The molecule has 3 aliphatic heterocycles. The van der Waals surface area contributed by atoms with Crippen LogP contribution >= 0.6 is 0 Å². The SMILES string of the molecule is C=CCCC(=O)NC[C@H](C)OC(=O)[C@@H]1[C@H]2C(=O)N([C@H](CO)c3ccccc3)[C@H](C(=O)N(CC=C)C(C)(C)CC(C)(C)C)[C@]23CC[C@H]1O3. The molecule has 1 spiro atoms. The normalized spacial score (nSPS) is 26.4. The molecule has 3 heterocycles. The molecule has 0 aliphatic carbocycles. The third-order valence-corrected chi connectivity index (χ3v) is 9.69. The Morgan fingerprint density at radius 2 is 1.85 bits per heavy atom. The molecule has 2 N–H and O–H groups in total. The molecule has 3 fully saturated rings. The molecular weight excluding hydrogens is 598 g/mol. The Morgan fingerprint density at radius 3 is 2.45 bits per heavy atom. The van der Waals surface area contributed by atoms with Crippen LogP contribution in [0.25, 0.3) is 0 Å². The number of aliphatic hydroxyl groups excluding tert-OH is 1. The number of nitrogens with one attached hydrogen (secondary N) is 1.